The van der Waals surface area contributed by atoms with Crippen molar-refractivity contribution in [1.29, 1.82) is 0 Å². The van der Waals surface area contributed by atoms with Gasteiger partial charge in [0.2, 0.25) is 5.91 Å². The van der Waals surface area contributed by atoms with Crippen LogP contribution in [0.4, 0.5) is 0 Å². The molecule has 148 valence electrons. The fraction of sp³-hybridized carbons (Fsp3) is 0.273. The van der Waals surface area contributed by atoms with E-state index in [-0.39, 0.29) is 12.5 Å². The molecular weight excluding hydrogens is 364 g/mol. The number of aromatic nitrogens is 5. The molecule has 0 saturated heterocycles. The van der Waals surface area contributed by atoms with Crippen LogP contribution < -0.4 is 5.32 Å². The molecule has 0 saturated carbocycles. The Kier molecular flexibility index (Phi) is 4.88. The summed E-state index contributed by atoms with van der Waals surface area (Å²) in [5, 5.41) is 12.9. The summed E-state index contributed by atoms with van der Waals surface area (Å²) in [6, 6.07) is 12.1. The van der Waals surface area contributed by atoms with Crippen molar-refractivity contribution in [3.63, 3.8) is 0 Å². The Balaban J connectivity index is 1.58. The van der Waals surface area contributed by atoms with Gasteiger partial charge < -0.3 is 5.32 Å². The van der Waals surface area contributed by atoms with E-state index in [1.807, 2.05) is 56.8 Å². The topological polar surface area (TPSA) is 77.6 Å². The quantitative estimate of drug-likeness (QED) is 0.570. The first kappa shape index (κ1) is 18.9. The fourth-order valence-electron chi connectivity index (χ4n) is 3.70. The summed E-state index contributed by atoms with van der Waals surface area (Å²) in [5.41, 5.74) is 6.78. The second-order valence-electron chi connectivity index (χ2n) is 7.22. The third-order valence-corrected chi connectivity index (χ3v) is 5.31. The van der Waals surface area contributed by atoms with Crippen LogP contribution >= 0.6 is 0 Å². The van der Waals surface area contributed by atoms with E-state index < -0.39 is 0 Å². The molecule has 3 aromatic heterocycles. The van der Waals surface area contributed by atoms with Gasteiger partial charge in [0.15, 0.2) is 5.65 Å². The van der Waals surface area contributed by atoms with Gasteiger partial charge in [-0.3, -0.25) is 9.48 Å². The molecular formula is C22H24N6O. The van der Waals surface area contributed by atoms with Crippen molar-refractivity contribution in [2.75, 3.05) is 0 Å². The summed E-state index contributed by atoms with van der Waals surface area (Å²) in [7, 11) is 1.91. The molecule has 0 atom stereocenters. The number of carbonyl (C=O) groups is 1. The highest BCUT2D eigenvalue weighted by Gasteiger charge is 2.16. The minimum atomic E-state index is -0.107. The summed E-state index contributed by atoms with van der Waals surface area (Å²) < 4.78 is 3.51. The smallest absolute Gasteiger partial charge is 0.242 e. The first-order valence-corrected chi connectivity index (χ1v) is 9.59. The van der Waals surface area contributed by atoms with E-state index in [4.69, 9.17) is 0 Å². The Morgan fingerprint density at radius 1 is 1.03 bits per heavy atom. The van der Waals surface area contributed by atoms with Crippen molar-refractivity contribution in [2.45, 2.75) is 33.9 Å². The van der Waals surface area contributed by atoms with E-state index in [0.29, 0.717) is 12.2 Å². The van der Waals surface area contributed by atoms with Crippen LogP contribution in [0.15, 0.2) is 42.6 Å². The van der Waals surface area contributed by atoms with Gasteiger partial charge in [-0.05, 0) is 38.0 Å². The summed E-state index contributed by atoms with van der Waals surface area (Å²) in [5.74, 6) is -0.107. The number of aryl methyl sites for hydroxylation is 3. The number of nitrogens with one attached hydrogen (secondary N) is 1. The van der Waals surface area contributed by atoms with Crippen LogP contribution in [0, 0.1) is 20.8 Å². The first-order valence-electron chi connectivity index (χ1n) is 9.59. The second kappa shape index (κ2) is 7.50. The van der Waals surface area contributed by atoms with Crippen LogP contribution in [0.5, 0.6) is 0 Å². The Labute approximate surface area is 169 Å². The molecule has 1 aromatic carbocycles. The van der Waals surface area contributed by atoms with E-state index in [0.717, 1.165) is 39.2 Å². The van der Waals surface area contributed by atoms with Gasteiger partial charge in [-0.15, -0.1) is 0 Å². The molecule has 29 heavy (non-hydrogen) atoms. The third-order valence-electron chi connectivity index (χ3n) is 5.31. The minimum absolute atomic E-state index is 0.107. The largest absolute Gasteiger partial charge is 0.350 e. The lowest BCUT2D eigenvalue weighted by atomic mass is 10.0. The highest BCUT2D eigenvalue weighted by molar-refractivity contribution is 5.95. The molecule has 4 rings (SSSR count). The predicted molar refractivity (Wildman–Crippen MR) is 112 cm³/mol. The fourth-order valence-corrected chi connectivity index (χ4v) is 3.70. The van der Waals surface area contributed by atoms with Gasteiger partial charge in [0.1, 0.15) is 6.54 Å². The van der Waals surface area contributed by atoms with Gasteiger partial charge in [0.25, 0.3) is 0 Å². The van der Waals surface area contributed by atoms with E-state index in [1.165, 1.54) is 0 Å². The van der Waals surface area contributed by atoms with E-state index in [1.54, 1.807) is 10.9 Å². The van der Waals surface area contributed by atoms with Crippen LogP contribution in [0.3, 0.4) is 0 Å². The van der Waals surface area contributed by atoms with Crippen molar-refractivity contribution >= 4 is 16.9 Å². The Bertz CT molecular complexity index is 1190. The van der Waals surface area contributed by atoms with Crippen LogP contribution in [0.2, 0.25) is 0 Å². The molecule has 0 aliphatic heterocycles. The lowest BCUT2D eigenvalue weighted by Crippen LogP contribution is -2.28. The van der Waals surface area contributed by atoms with Crippen LogP contribution in [0.25, 0.3) is 22.2 Å². The SMILES string of the molecule is Cc1nn(C)c(C)c1CNC(=O)Cn1nc(C)c2c(-c3ccccc3)ccnc21. The number of carbonyl (C=O) groups excluding carboxylic acids is 1. The molecule has 0 aliphatic rings. The van der Waals surface area contributed by atoms with Gasteiger partial charge in [-0.25, -0.2) is 9.67 Å². The number of rotatable bonds is 5. The highest BCUT2D eigenvalue weighted by Crippen LogP contribution is 2.29. The Hall–Kier alpha value is -3.48. The highest BCUT2D eigenvalue weighted by atomic mass is 16.2. The number of nitrogens with zero attached hydrogens (tertiary/aromatic N) is 5. The van der Waals surface area contributed by atoms with Crippen molar-refractivity contribution in [3.8, 4) is 11.1 Å². The Morgan fingerprint density at radius 2 is 1.79 bits per heavy atom. The van der Waals surface area contributed by atoms with Gasteiger partial charge in [0.05, 0.1) is 11.4 Å². The molecule has 1 amide bonds. The van der Waals surface area contributed by atoms with Crippen molar-refractivity contribution < 1.29 is 4.79 Å². The summed E-state index contributed by atoms with van der Waals surface area (Å²) >= 11 is 0. The number of amides is 1. The molecule has 0 bridgehead atoms. The van der Waals surface area contributed by atoms with Crippen LogP contribution in [-0.2, 0) is 24.9 Å². The molecule has 0 fully saturated rings. The molecule has 4 aromatic rings. The van der Waals surface area contributed by atoms with E-state index >= 15 is 0 Å². The molecule has 3 heterocycles. The average Bonchev–Trinajstić information content (AvgIpc) is 3.16. The maximum atomic E-state index is 12.6. The van der Waals surface area contributed by atoms with Crippen molar-refractivity contribution in [1.82, 2.24) is 29.9 Å². The zero-order chi connectivity index (χ0) is 20.5. The van der Waals surface area contributed by atoms with Crippen molar-refractivity contribution in [3.05, 3.63) is 65.2 Å². The average molecular weight is 388 g/mol. The molecule has 0 radical (unpaired) electrons. The normalized spacial score (nSPS) is 11.2. The number of pyridine rings is 1. The molecule has 0 aliphatic carbocycles. The second-order valence-corrected chi connectivity index (χ2v) is 7.22. The van der Waals surface area contributed by atoms with E-state index in [2.05, 4.69) is 32.6 Å². The molecule has 0 unspecified atom stereocenters. The number of hydrogen-bond acceptors (Lipinski definition) is 4. The maximum absolute atomic E-state index is 12.6. The van der Waals surface area contributed by atoms with Gasteiger partial charge in [0, 0.05) is 36.4 Å². The van der Waals surface area contributed by atoms with Crippen LogP contribution in [-0.4, -0.2) is 30.5 Å². The third kappa shape index (κ3) is 3.51. The molecule has 0 spiro atoms. The summed E-state index contributed by atoms with van der Waals surface area (Å²) in [6.07, 6.45) is 1.77. The molecule has 1 N–H and O–H groups in total. The zero-order valence-electron chi connectivity index (χ0n) is 17.1. The minimum Gasteiger partial charge on any atom is -0.350 e. The maximum Gasteiger partial charge on any atom is 0.242 e. The number of benzene rings is 1. The van der Waals surface area contributed by atoms with Gasteiger partial charge in [-0.2, -0.15) is 10.2 Å². The molecule has 7 heteroatoms. The van der Waals surface area contributed by atoms with Gasteiger partial charge in [-0.1, -0.05) is 30.3 Å². The van der Waals surface area contributed by atoms with Gasteiger partial charge >= 0.3 is 0 Å². The van der Waals surface area contributed by atoms with Crippen LogP contribution in [0.1, 0.15) is 22.6 Å². The standard InChI is InChI=1S/C22H24N6O/c1-14-19(16(3)27(4)25-14)12-24-20(29)13-28-22-21(15(2)26-28)18(10-11-23-22)17-8-6-5-7-9-17/h5-11H,12-13H2,1-4H3,(H,24,29). The lowest BCUT2D eigenvalue weighted by molar-refractivity contribution is -0.121. The lowest BCUT2D eigenvalue weighted by Gasteiger charge is -2.07. The number of hydrogen-bond donors (Lipinski definition) is 1. The Morgan fingerprint density at radius 3 is 2.48 bits per heavy atom. The van der Waals surface area contributed by atoms with Crippen molar-refractivity contribution in [2.24, 2.45) is 7.05 Å². The first-order chi connectivity index (χ1) is 14.0. The summed E-state index contributed by atoms with van der Waals surface area (Å²) in [4.78, 5) is 17.1. The summed E-state index contributed by atoms with van der Waals surface area (Å²) in [6.45, 7) is 6.47. The predicted octanol–water partition coefficient (Wildman–Crippen LogP) is 3.07. The zero-order valence-corrected chi connectivity index (χ0v) is 17.1. The number of fused-ring (bicyclic) bond motifs is 1. The monoisotopic (exact) mass is 388 g/mol. The van der Waals surface area contributed by atoms with E-state index in [9.17, 15) is 4.79 Å². The molecule has 7 nitrogen and oxygen atoms in total.